The highest BCUT2D eigenvalue weighted by Crippen LogP contribution is 2.35. The molecule has 1 aliphatic rings. The summed E-state index contributed by atoms with van der Waals surface area (Å²) in [7, 11) is 0. The number of hydrogen-bond donors (Lipinski definition) is 0. The van der Waals surface area contributed by atoms with Crippen molar-refractivity contribution in [2.45, 2.75) is 25.7 Å². The standard InChI is InChI=1S/C25H23N5O2/c1-17-15-22(32-29-17)21-16-27-24(19-5-3-2-4-6-19)28-23(21)18-9-13-30(14-10-18)25(31)20-7-11-26-12-8-20/h2-8,11-12,15-16,18H,9-10,13-14H2,1H3. The number of likely N-dealkylation sites (tertiary alicyclic amines) is 1. The van der Waals surface area contributed by atoms with E-state index in [2.05, 4.69) is 15.1 Å². The van der Waals surface area contributed by atoms with Gasteiger partial charge in [-0.2, -0.15) is 0 Å². The Morgan fingerprint density at radius 2 is 1.81 bits per heavy atom. The summed E-state index contributed by atoms with van der Waals surface area (Å²) in [5.74, 6) is 1.61. The molecule has 0 aliphatic carbocycles. The van der Waals surface area contributed by atoms with Crippen LogP contribution in [0.15, 0.2) is 71.6 Å². The van der Waals surface area contributed by atoms with Crippen molar-refractivity contribution in [3.05, 3.63) is 84.1 Å². The van der Waals surface area contributed by atoms with E-state index in [9.17, 15) is 4.79 Å². The largest absolute Gasteiger partial charge is 0.356 e. The topological polar surface area (TPSA) is 85.0 Å². The van der Waals surface area contributed by atoms with E-state index < -0.39 is 0 Å². The fraction of sp³-hybridized carbons (Fsp3) is 0.240. The second-order valence-electron chi connectivity index (χ2n) is 7.99. The van der Waals surface area contributed by atoms with E-state index in [4.69, 9.17) is 9.51 Å². The van der Waals surface area contributed by atoms with Gasteiger partial charge in [0.15, 0.2) is 11.6 Å². The maximum absolute atomic E-state index is 12.8. The molecule has 1 aliphatic heterocycles. The first kappa shape index (κ1) is 20.1. The summed E-state index contributed by atoms with van der Waals surface area (Å²) in [6.07, 6.45) is 6.78. The zero-order chi connectivity index (χ0) is 21.9. The van der Waals surface area contributed by atoms with E-state index >= 15 is 0 Å². The molecule has 1 saturated heterocycles. The van der Waals surface area contributed by atoms with E-state index in [1.165, 1.54) is 0 Å². The lowest BCUT2D eigenvalue weighted by molar-refractivity contribution is 0.0712. The lowest BCUT2D eigenvalue weighted by Gasteiger charge is -2.32. The Morgan fingerprint density at radius 3 is 2.50 bits per heavy atom. The average Bonchev–Trinajstić information content (AvgIpc) is 3.30. The van der Waals surface area contributed by atoms with Gasteiger partial charge in [0.05, 0.1) is 17.0 Å². The number of aryl methyl sites for hydroxylation is 1. The predicted molar refractivity (Wildman–Crippen MR) is 120 cm³/mol. The van der Waals surface area contributed by atoms with Crippen LogP contribution in [0.4, 0.5) is 0 Å². The number of rotatable bonds is 4. The maximum Gasteiger partial charge on any atom is 0.253 e. The number of pyridine rings is 1. The van der Waals surface area contributed by atoms with Gasteiger partial charge in [-0.15, -0.1) is 0 Å². The van der Waals surface area contributed by atoms with Crippen LogP contribution in [0.3, 0.4) is 0 Å². The Kier molecular flexibility index (Phi) is 5.46. The second kappa shape index (κ2) is 8.70. The normalized spacial score (nSPS) is 14.5. The molecule has 0 unspecified atom stereocenters. The van der Waals surface area contributed by atoms with Crippen LogP contribution in [0.25, 0.3) is 22.7 Å². The number of amides is 1. The van der Waals surface area contributed by atoms with Gasteiger partial charge in [-0.3, -0.25) is 9.78 Å². The number of benzene rings is 1. The van der Waals surface area contributed by atoms with Crippen LogP contribution >= 0.6 is 0 Å². The van der Waals surface area contributed by atoms with Crippen LogP contribution in [0.1, 0.15) is 40.5 Å². The smallest absolute Gasteiger partial charge is 0.253 e. The monoisotopic (exact) mass is 425 g/mol. The minimum Gasteiger partial charge on any atom is -0.356 e. The van der Waals surface area contributed by atoms with Crippen molar-refractivity contribution >= 4 is 5.91 Å². The van der Waals surface area contributed by atoms with Crippen LogP contribution in [0, 0.1) is 6.92 Å². The minimum absolute atomic E-state index is 0.0459. The molecule has 32 heavy (non-hydrogen) atoms. The Balaban J connectivity index is 1.43. The lowest BCUT2D eigenvalue weighted by atomic mass is 9.89. The molecular formula is C25H23N5O2. The predicted octanol–water partition coefficient (Wildman–Crippen LogP) is 4.52. The summed E-state index contributed by atoms with van der Waals surface area (Å²) in [5, 5.41) is 4.04. The SMILES string of the molecule is Cc1cc(-c2cnc(-c3ccccc3)nc2C2CCN(C(=O)c3ccncc3)CC2)on1. The van der Waals surface area contributed by atoms with Crippen LogP contribution in [-0.2, 0) is 0 Å². The molecule has 0 radical (unpaired) electrons. The van der Waals surface area contributed by atoms with Gasteiger partial charge >= 0.3 is 0 Å². The van der Waals surface area contributed by atoms with Gasteiger partial charge < -0.3 is 9.42 Å². The van der Waals surface area contributed by atoms with Gasteiger partial charge in [-0.05, 0) is 31.9 Å². The highest BCUT2D eigenvalue weighted by atomic mass is 16.5. The average molecular weight is 425 g/mol. The molecule has 0 bridgehead atoms. The van der Waals surface area contributed by atoms with Gasteiger partial charge in [-0.25, -0.2) is 9.97 Å². The molecule has 3 aromatic heterocycles. The van der Waals surface area contributed by atoms with Gasteiger partial charge in [0.25, 0.3) is 5.91 Å². The third-order valence-corrected chi connectivity index (χ3v) is 5.84. The van der Waals surface area contributed by atoms with Crippen molar-refractivity contribution < 1.29 is 9.32 Å². The summed E-state index contributed by atoms with van der Waals surface area (Å²) in [6.45, 7) is 3.24. The molecule has 0 N–H and O–H groups in total. The Bertz CT molecular complexity index is 1220. The first-order valence-electron chi connectivity index (χ1n) is 10.7. The van der Waals surface area contributed by atoms with E-state index in [0.717, 1.165) is 35.4 Å². The Labute approximate surface area is 186 Å². The maximum atomic E-state index is 12.8. The Hall–Kier alpha value is -3.87. The fourth-order valence-electron chi connectivity index (χ4n) is 4.15. The molecule has 160 valence electrons. The highest BCUT2D eigenvalue weighted by Gasteiger charge is 2.28. The van der Waals surface area contributed by atoms with E-state index in [1.54, 1.807) is 24.5 Å². The van der Waals surface area contributed by atoms with Crippen molar-refractivity contribution in [3.8, 4) is 22.7 Å². The Morgan fingerprint density at radius 1 is 1.06 bits per heavy atom. The molecular weight excluding hydrogens is 402 g/mol. The minimum atomic E-state index is 0.0459. The molecule has 0 saturated carbocycles. The number of carbonyl (C=O) groups excluding carboxylic acids is 1. The van der Waals surface area contributed by atoms with Crippen LogP contribution < -0.4 is 0 Å². The van der Waals surface area contributed by atoms with Gasteiger partial charge in [0, 0.05) is 54.8 Å². The third kappa shape index (κ3) is 4.01. The summed E-state index contributed by atoms with van der Waals surface area (Å²) in [6, 6.07) is 15.4. The number of carbonyl (C=O) groups is 1. The van der Waals surface area contributed by atoms with Gasteiger partial charge in [0.1, 0.15) is 0 Å². The van der Waals surface area contributed by atoms with Crippen molar-refractivity contribution in [2.75, 3.05) is 13.1 Å². The van der Waals surface area contributed by atoms with Crippen LogP contribution in [-0.4, -0.2) is 44.0 Å². The summed E-state index contributed by atoms with van der Waals surface area (Å²) in [4.78, 5) is 28.3. The van der Waals surface area contributed by atoms with E-state index in [1.807, 2.05) is 54.4 Å². The van der Waals surface area contributed by atoms with Crippen LogP contribution in [0.5, 0.6) is 0 Å². The molecule has 0 atom stereocenters. The van der Waals surface area contributed by atoms with E-state index in [0.29, 0.717) is 30.2 Å². The zero-order valence-electron chi connectivity index (χ0n) is 17.8. The summed E-state index contributed by atoms with van der Waals surface area (Å²) in [5.41, 5.74) is 4.27. The molecule has 7 nitrogen and oxygen atoms in total. The van der Waals surface area contributed by atoms with Gasteiger partial charge in [0.2, 0.25) is 0 Å². The number of hydrogen-bond acceptors (Lipinski definition) is 6. The number of piperidine rings is 1. The zero-order valence-corrected chi connectivity index (χ0v) is 17.8. The number of aromatic nitrogens is 4. The molecule has 0 spiro atoms. The molecule has 7 heteroatoms. The first-order valence-corrected chi connectivity index (χ1v) is 10.7. The number of nitrogens with zero attached hydrogens (tertiary/aromatic N) is 5. The van der Waals surface area contributed by atoms with Crippen LogP contribution in [0.2, 0.25) is 0 Å². The van der Waals surface area contributed by atoms with E-state index in [-0.39, 0.29) is 11.8 Å². The quantitative estimate of drug-likeness (QED) is 0.478. The second-order valence-corrected chi connectivity index (χ2v) is 7.99. The fourth-order valence-corrected chi connectivity index (χ4v) is 4.15. The van der Waals surface area contributed by atoms with Gasteiger partial charge in [-0.1, -0.05) is 35.5 Å². The molecule has 5 rings (SSSR count). The molecule has 1 aromatic carbocycles. The molecule has 4 heterocycles. The summed E-state index contributed by atoms with van der Waals surface area (Å²) >= 11 is 0. The lowest BCUT2D eigenvalue weighted by Crippen LogP contribution is -2.38. The highest BCUT2D eigenvalue weighted by molar-refractivity contribution is 5.94. The van der Waals surface area contributed by atoms with Crippen molar-refractivity contribution in [2.24, 2.45) is 0 Å². The van der Waals surface area contributed by atoms with Crippen molar-refractivity contribution in [1.82, 2.24) is 25.0 Å². The molecule has 1 fully saturated rings. The van der Waals surface area contributed by atoms with Crippen molar-refractivity contribution in [1.29, 1.82) is 0 Å². The van der Waals surface area contributed by atoms with Crippen molar-refractivity contribution in [3.63, 3.8) is 0 Å². The summed E-state index contributed by atoms with van der Waals surface area (Å²) < 4.78 is 5.54. The first-order chi connectivity index (χ1) is 15.7. The third-order valence-electron chi connectivity index (χ3n) is 5.84. The molecule has 1 amide bonds. The molecule has 4 aromatic rings.